The standard InChI is InChI=1S/C17H27N3O2.2ClH/c1-14(18)2-7-17(21)19-16-5-3-15(4-6-16)8-9-20-10-12-22-13-11-20;;/h3-6,14H,2,7-13,18H2,1H3,(H,19,21);2*1H. The van der Waals surface area contributed by atoms with Gasteiger partial charge in [0.15, 0.2) is 0 Å². The summed E-state index contributed by atoms with van der Waals surface area (Å²) in [5.41, 5.74) is 7.80. The number of amides is 1. The fourth-order valence-corrected chi connectivity index (χ4v) is 2.45. The van der Waals surface area contributed by atoms with Gasteiger partial charge in [-0.25, -0.2) is 0 Å². The Kier molecular flexibility index (Phi) is 12.1. The molecule has 5 nitrogen and oxygen atoms in total. The van der Waals surface area contributed by atoms with Crippen LogP contribution in [0.1, 0.15) is 25.3 Å². The topological polar surface area (TPSA) is 67.6 Å². The lowest BCUT2D eigenvalue weighted by atomic mass is 10.1. The molecule has 138 valence electrons. The van der Waals surface area contributed by atoms with E-state index in [4.69, 9.17) is 10.5 Å². The molecule has 1 aromatic carbocycles. The van der Waals surface area contributed by atoms with Gasteiger partial charge < -0.3 is 15.8 Å². The zero-order valence-corrected chi connectivity index (χ0v) is 15.8. The van der Waals surface area contributed by atoms with Gasteiger partial charge in [-0.3, -0.25) is 9.69 Å². The van der Waals surface area contributed by atoms with Crippen LogP contribution in [0.2, 0.25) is 0 Å². The maximum Gasteiger partial charge on any atom is 0.224 e. The van der Waals surface area contributed by atoms with Crippen LogP contribution in [-0.4, -0.2) is 49.7 Å². The number of carbonyl (C=O) groups excluding carboxylic acids is 1. The quantitative estimate of drug-likeness (QED) is 0.765. The number of hydrogen-bond donors (Lipinski definition) is 2. The Hall–Kier alpha value is -0.850. The maximum atomic E-state index is 11.7. The van der Waals surface area contributed by atoms with Crippen molar-refractivity contribution in [2.75, 3.05) is 38.2 Å². The van der Waals surface area contributed by atoms with Gasteiger partial charge in [0, 0.05) is 37.8 Å². The van der Waals surface area contributed by atoms with Crippen molar-refractivity contribution in [3.05, 3.63) is 29.8 Å². The first-order valence-corrected chi connectivity index (χ1v) is 8.08. The zero-order chi connectivity index (χ0) is 15.8. The van der Waals surface area contributed by atoms with E-state index in [1.165, 1.54) is 5.56 Å². The number of morpholine rings is 1. The van der Waals surface area contributed by atoms with Crippen LogP contribution in [0, 0.1) is 0 Å². The van der Waals surface area contributed by atoms with Crippen LogP contribution in [0.5, 0.6) is 0 Å². The van der Waals surface area contributed by atoms with E-state index < -0.39 is 0 Å². The fourth-order valence-electron chi connectivity index (χ4n) is 2.45. The Bertz CT molecular complexity index is 463. The molecular weight excluding hydrogens is 349 g/mol. The molecule has 2 rings (SSSR count). The molecule has 7 heteroatoms. The number of anilines is 1. The minimum absolute atomic E-state index is 0. The summed E-state index contributed by atoms with van der Waals surface area (Å²) in [6.07, 6.45) is 2.21. The second-order valence-electron chi connectivity index (χ2n) is 5.97. The van der Waals surface area contributed by atoms with E-state index >= 15 is 0 Å². The van der Waals surface area contributed by atoms with E-state index in [1.54, 1.807) is 0 Å². The molecule has 0 radical (unpaired) electrons. The van der Waals surface area contributed by atoms with E-state index in [2.05, 4.69) is 22.3 Å². The summed E-state index contributed by atoms with van der Waals surface area (Å²) in [6.45, 7) is 6.69. The number of nitrogens with one attached hydrogen (secondary N) is 1. The van der Waals surface area contributed by atoms with Crippen LogP contribution in [0.15, 0.2) is 24.3 Å². The number of nitrogens with two attached hydrogens (primary N) is 1. The summed E-state index contributed by atoms with van der Waals surface area (Å²) in [7, 11) is 0. The van der Waals surface area contributed by atoms with Crippen molar-refractivity contribution in [1.82, 2.24) is 4.90 Å². The lowest BCUT2D eigenvalue weighted by molar-refractivity contribution is -0.116. The van der Waals surface area contributed by atoms with Gasteiger partial charge in [0.05, 0.1) is 13.2 Å². The molecule has 0 bridgehead atoms. The van der Waals surface area contributed by atoms with Crippen molar-refractivity contribution in [3.63, 3.8) is 0 Å². The van der Waals surface area contributed by atoms with Gasteiger partial charge in [-0.1, -0.05) is 12.1 Å². The van der Waals surface area contributed by atoms with Gasteiger partial charge in [0.1, 0.15) is 0 Å². The Labute approximate surface area is 157 Å². The molecule has 1 aliphatic heterocycles. The van der Waals surface area contributed by atoms with Crippen molar-refractivity contribution in [2.24, 2.45) is 5.73 Å². The third-order valence-electron chi connectivity index (χ3n) is 3.88. The van der Waals surface area contributed by atoms with Crippen LogP contribution in [0.3, 0.4) is 0 Å². The lowest BCUT2D eigenvalue weighted by Gasteiger charge is -2.26. The van der Waals surface area contributed by atoms with Gasteiger partial charge >= 0.3 is 0 Å². The number of rotatable bonds is 7. The second kappa shape index (κ2) is 12.5. The third kappa shape index (κ3) is 8.85. The van der Waals surface area contributed by atoms with Crippen LogP contribution in [0.4, 0.5) is 5.69 Å². The second-order valence-corrected chi connectivity index (χ2v) is 5.97. The average Bonchev–Trinajstić information content (AvgIpc) is 2.53. The van der Waals surface area contributed by atoms with Crippen LogP contribution in [-0.2, 0) is 16.0 Å². The Morgan fingerprint density at radius 1 is 1.25 bits per heavy atom. The molecule has 1 amide bonds. The van der Waals surface area contributed by atoms with Gasteiger partial charge in [0.25, 0.3) is 0 Å². The third-order valence-corrected chi connectivity index (χ3v) is 3.88. The molecule has 0 saturated carbocycles. The van der Waals surface area contributed by atoms with Gasteiger partial charge in [-0.15, -0.1) is 24.8 Å². The van der Waals surface area contributed by atoms with E-state index in [0.29, 0.717) is 12.8 Å². The number of carbonyl (C=O) groups is 1. The van der Waals surface area contributed by atoms with Crippen LogP contribution >= 0.6 is 24.8 Å². The highest BCUT2D eigenvalue weighted by atomic mass is 35.5. The molecule has 3 N–H and O–H groups in total. The van der Waals surface area contributed by atoms with E-state index in [0.717, 1.165) is 45.0 Å². The maximum absolute atomic E-state index is 11.7. The summed E-state index contributed by atoms with van der Waals surface area (Å²) in [5.74, 6) is 0.0263. The van der Waals surface area contributed by atoms with Crippen molar-refractivity contribution < 1.29 is 9.53 Å². The van der Waals surface area contributed by atoms with E-state index in [9.17, 15) is 4.79 Å². The molecule has 1 saturated heterocycles. The van der Waals surface area contributed by atoms with Crippen molar-refractivity contribution >= 4 is 36.4 Å². The highest BCUT2D eigenvalue weighted by molar-refractivity contribution is 5.90. The normalized spacial score (nSPS) is 15.8. The zero-order valence-electron chi connectivity index (χ0n) is 14.2. The molecule has 1 heterocycles. The van der Waals surface area contributed by atoms with Crippen molar-refractivity contribution in [2.45, 2.75) is 32.2 Å². The van der Waals surface area contributed by atoms with Gasteiger partial charge in [-0.2, -0.15) is 0 Å². The number of nitrogens with zero attached hydrogens (tertiary/aromatic N) is 1. The largest absolute Gasteiger partial charge is 0.379 e. The van der Waals surface area contributed by atoms with E-state index in [-0.39, 0.29) is 36.8 Å². The SMILES string of the molecule is CC(N)CCC(=O)Nc1ccc(CCN2CCOCC2)cc1.Cl.Cl. The van der Waals surface area contributed by atoms with Crippen molar-refractivity contribution in [1.29, 1.82) is 0 Å². The van der Waals surface area contributed by atoms with Crippen LogP contribution in [0.25, 0.3) is 0 Å². The average molecular weight is 378 g/mol. The predicted octanol–water partition coefficient (Wildman–Crippen LogP) is 2.47. The Morgan fingerprint density at radius 2 is 1.88 bits per heavy atom. The summed E-state index contributed by atoms with van der Waals surface area (Å²) < 4.78 is 5.35. The monoisotopic (exact) mass is 377 g/mol. The first-order valence-electron chi connectivity index (χ1n) is 8.08. The Morgan fingerprint density at radius 3 is 2.46 bits per heavy atom. The van der Waals surface area contributed by atoms with Gasteiger partial charge in [0.2, 0.25) is 5.91 Å². The molecule has 1 atom stereocenters. The van der Waals surface area contributed by atoms with E-state index in [1.807, 2.05) is 19.1 Å². The molecule has 1 fully saturated rings. The first kappa shape index (κ1) is 23.1. The molecule has 0 aromatic heterocycles. The summed E-state index contributed by atoms with van der Waals surface area (Å²) in [6, 6.07) is 8.17. The smallest absolute Gasteiger partial charge is 0.224 e. The predicted molar refractivity (Wildman–Crippen MR) is 103 cm³/mol. The number of benzene rings is 1. The number of halogens is 2. The van der Waals surface area contributed by atoms with Crippen LogP contribution < -0.4 is 11.1 Å². The lowest BCUT2D eigenvalue weighted by Crippen LogP contribution is -2.37. The summed E-state index contributed by atoms with van der Waals surface area (Å²) >= 11 is 0. The van der Waals surface area contributed by atoms with Crippen molar-refractivity contribution in [3.8, 4) is 0 Å². The molecule has 1 unspecified atom stereocenters. The minimum atomic E-state index is 0. The number of hydrogen-bond acceptors (Lipinski definition) is 4. The summed E-state index contributed by atoms with van der Waals surface area (Å²) in [5, 5.41) is 2.91. The molecular formula is C17H29Cl2N3O2. The highest BCUT2D eigenvalue weighted by Crippen LogP contribution is 2.12. The molecule has 24 heavy (non-hydrogen) atoms. The molecule has 0 spiro atoms. The minimum Gasteiger partial charge on any atom is -0.379 e. The highest BCUT2D eigenvalue weighted by Gasteiger charge is 2.10. The summed E-state index contributed by atoms with van der Waals surface area (Å²) in [4.78, 5) is 14.2. The fraction of sp³-hybridized carbons (Fsp3) is 0.588. The molecule has 1 aromatic rings. The molecule has 1 aliphatic rings. The molecule has 0 aliphatic carbocycles. The number of ether oxygens (including phenoxy) is 1. The van der Waals surface area contributed by atoms with Gasteiger partial charge in [-0.05, 0) is 37.5 Å². The Balaban J connectivity index is 0.00000264. The first-order chi connectivity index (χ1) is 10.6.